The Kier molecular flexibility index (Phi) is 7.00. The molecule has 0 aliphatic heterocycles. The number of carbonyl (C=O) groups excluding carboxylic acids is 2. The fourth-order valence-corrected chi connectivity index (χ4v) is 3.44. The first-order chi connectivity index (χ1) is 15.5. The van der Waals surface area contributed by atoms with Crippen molar-refractivity contribution in [2.45, 2.75) is 66.5 Å². The molecular weight excluding hydrogens is 424 g/mol. The smallest absolute Gasteiger partial charge is 0.328 e. The number of aromatic nitrogens is 4. The summed E-state index contributed by atoms with van der Waals surface area (Å²) in [6.07, 6.45) is 1.30. The fraction of sp³-hybridized carbons (Fsp3) is 0.458. The number of esters is 1. The summed E-state index contributed by atoms with van der Waals surface area (Å²) < 4.78 is 12.7. The predicted octanol–water partition coefficient (Wildman–Crippen LogP) is 3.68. The van der Waals surface area contributed by atoms with Crippen LogP contribution in [0.25, 0.3) is 22.4 Å². The van der Waals surface area contributed by atoms with Gasteiger partial charge in [-0.1, -0.05) is 13.8 Å². The Morgan fingerprint density at radius 2 is 1.88 bits per heavy atom. The van der Waals surface area contributed by atoms with E-state index in [4.69, 9.17) is 9.47 Å². The summed E-state index contributed by atoms with van der Waals surface area (Å²) in [5, 5.41) is 4.33. The van der Waals surface area contributed by atoms with E-state index in [0.717, 1.165) is 6.42 Å². The molecule has 0 amide bonds. The molecule has 0 radical (unpaired) electrons. The number of hydrogen-bond donors (Lipinski definition) is 1. The first kappa shape index (κ1) is 24.2. The minimum Gasteiger partial charge on any atom is -0.493 e. The van der Waals surface area contributed by atoms with Crippen LogP contribution in [-0.4, -0.2) is 43.7 Å². The van der Waals surface area contributed by atoms with Gasteiger partial charge >= 0.3 is 5.97 Å². The highest BCUT2D eigenvalue weighted by atomic mass is 16.6. The zero-order chi connectivity index (χ0) is 24.3. The van der Waals surface area contributed by atoms with Crippen LogP contribution in [-0.2, 0) is 22.5 Å². The number of benzene rings is 1. The van der Waals surface area contributed by atoms with Gasteiger partial charge < -0.3 is 14.5 Å². The van der Waals surface area contributed by atoms with Gasteiger partial charge in [-0.2, -0.15) is 5.10 Å². The first-order valence-corrected chi connectivity index (χ1v) is 11.0. The van der Waals surface area contributed by atoms with Crippen molar-refractivity contribution in [3.8, 4) is 17.1 Å². The first-order valence-electron chi connectivity index (χ1n) is 11.0. The Morgan fingerprint density at radius 3 is 2.48 bits per heavy atom. The summed E-state index contributed by atoms with van der Waals surface area (Å²) in [6.45, 7) is 11.1. The molecule has 0 aliphatic carbocycles. The number of hydrogen-bond acceptors (Lipinski definition) is 7. The molecule has 0 saturated heterocycles. The van der Waals surface area contributed by atoms with Crippen LogP contribution in [0.15, 0.2) is 23.0 Å². The quantitative estimate of drug-likeness (QED) is 0.408. The molecule has 176 valence electrons. The standard InChI is InChI=1S/C24H30N4O5/c1-7-11-32-18-10-9-15(14(3)29)12-16(18)22-25-20-17(8-2)28(27-21(20)23(31)26-22)13-19(30)33-24(4,5)6/h9-10,12H,7-8,11,13H2,1-6H3,(H,25,26,31). The zero-order valence-corrected chi connectivity index (χ0v) is 19.9. The third-order valence-electron chi connectivity index (χ3n) is 4.84. The van der Waals surface area contributed by atoms with Crippen molar-refractivity contribution in [3.05, 3.63) is 39.8 Å². The van der Waals surface area contributed by atoms with Crippen LogP contribution in [0.2, 0.25) is 0 Å². The van der Waals surface area contributed by atoms with Crippen LogP contribution in [0, 0.1) is 0 Å². The van der Waals surface area contributed by atoms with Crippen molar-refractivity contribution >= 4 is 22.8 Å². The van der Waals surface area contributed by atoms with Gasteiger partial charge in [0.2, 0.25) is 0 Å². The minimum atomic E-state index is -0.629. The second kappa shape index (κ2) is 9.56. The van der Waals surface area contributed by atoms with Gasteiger partial charge in [-0.05, 0) is 58.7 Å². The van der Waals surface area contributed by atoms with Gasteiger partial charge in [-0.3, -0.25) is 19.1 Å². The van der Waals surface area contributed by atoms with Crippen molar-refractivity contribution in [2.24, 2.45) is 0 Å². The lowest BCUT2D eigenvalue weighted by Gasteiger charge is -2.19. The van der Waals surface area contributed by atoms with Gasteiger partial charge in [0.1, 0.15) is 29.2 Å². The van der Waals surface area contributed by atoms with Crippen molar-refractivity contribution in [1.82, 2.24) is 19.7 Å². The minimum absolute atomic E-state index is 0.110. The van der Waals surface area contributed by atoms with E-state index in [-0.39, 0.29) is 23.7 Å². The van der Waals surface area contributed by atoms with Crippen molar-refractivity contribution in [1.29, 1.82) is 0 Å². The van der Waals surface area contributed by atoms with E-state index in [2.05, 4.69) is 15.1 Å². The molecule has 0 bridgehead atoms. The summed E-state index contributed by atoms with van der Waals surface area (Å²) in [5.74, 6) is 0.226. The Balaban J connectivity index is 2.13. The van der Waals surface area contributed by atoms with Crippen molar-refractivity contribution in [2.75, 3.05) is 6.61 Å². The van der Waals surface area contributed by atoms with Crippen LogP contribution in [0.1, 0.15) is 64.0 Å². The monoisotopic (exact) mass is 454 g/mol. The lowest BCUT2D eigenvalue weighted by Crippen LogP contribution is -2.27. The zero-order valence-electron chi connectivity index (χ0n) is 19.9. The molecular formula is C24H30N4O5. The van der Waals surface area contributed by atoms with Gasteiger partial charge in [0, 0.05) is 5.56 Å². The van der Waals surface area contributed by atoms with Gasteiger partial charge in [-0.25, -0.2) is 4.98 Å². The summed E-state index contributed by atoms with van der Waals surface area (Å²) >= 11 is 0. The summed E-state index contributed by atoms with van der Waals surface area (Å²) in [4.78, 5) is 44.6. The average molecular weight is 455 g/mol. The number of aromatic amines is 1. The number of nitrogens with zero attached hydrogens (tertiary/aromatic N) is 3. The van der Waals surface area contributed by atoms with Crippen LogP contribution >= 0.6 is 0 Å². The molecule has 3 aromatic rings. The summed E-state index contributed by atoms with van der Waals surface area (Å²) in [6, 6.07) is 5.05. The highest BCUT2D eigenvalue weighted by Crippen LogP contribution is 2.30. The summed E-state index contributed by atoms with van der Waals surface area (Å²) in [5.41, 5.74) is 1.09. The number of H-pyrrole nitrogens is 1. The Bertz CT molecular complexity index is 1250. The van der Waals surface area contributed by atoms with E-state index < -0.39 is 17.1 Å². The van der Waals surface area contributed by atoms with E-state index in [1.54, 1.807) is 39.0 Å². The topological polar surface area (TPSA) is 116 Å². The normalized spacial score (nSPS) is 11.6. The molecule has 3 rings (SSSR count). The average Bonchev–Trinajstić information content (AvgIpc) is 3.07. The lowest BCUT2D eigenvalue weighted by molar-refractivity contribution is -0.155. The summed E-state index contributed by atoms with van der Waals surface area (Å²) in [7, 11) is 0. The van der Waals surface area contributed by atoms with E-state index >= 15 is 0 Å². The Labute approximate surface area is 192 Å². The fourth-order valence-electron chi connectivity index (χ4n) is 3.44. The second-order valence-corrected chi connectivity index (χ2v) is 8.77. The number of carbonyl (C=O) groups is 2. The number of Topliss-reactive ketones (excluding diaryl/α,β-unsaturated/α-hetero) is 1. The Hall–Kier alpha value is -3.49. The second-order valence-electron chi connectivity index (χ2n) is 8.77. The molecule has 0 fully saturated rings. The van der Waals surface area contributed by atoms with Crippen LogP contribution in [0.4, 0.5) is 0 Å². The maximum absolute atomic E-state index is 12.9. The van der Waals surface area contributed by atoms with E-state index in [1.165, 1.54) is 11.6 Å². The number of aryl methyl sites for hydroxylation is 1. The number of ether oxygens (including phenoxy) is 2. The number of ketones is 1. The SMILES string of the molecule is CCCOc1ccc(C(C)=O)cc1-c1nc2c(CC)n(CC(=O)OC(C)(C)C)nc2c(=O)[nH]1. The molecule has 0 unspecified atom stereocenters. The molecule has 2 heterocycles. The molecule has 33 heavy (non-hydrogen) atoms. The molecule has 0 saturated carbocycles. The van der Waals surface area contributed by atoms with Gasteiger partial charge in [0.15, 0.2) is 11.3 Å². The molecule has 2 aromatic heterocycles. The number of rotatable bonds is 8. The molecule has 0 atom stereocenters. The van der Waals surface area contributed by atoms with E-state index in [9.17, 15) is 14.4 Å². The number of fused-ring (bicyclic) bond motifs is 1. The molecule has 0 spiro atoms. The van der Waals surface area contributed by atoms with Gasteiger partial charge in [0.05, 0.1) is 17.9 Å². The molecule has 9 nitrogen and oxygen atoms in total. The van der Waals surface area contributed by atoms with Crippen molar-refractivity contribution in [3.63, 3.8) is 0 Å². The third-order valence-corrected chi connectivity index (χ3v) is 4.84. The van der Waals surface area contributed by atoms with Crippen LogP contribution in [0.5, 0.6) is 5.75 Å². The maximum atomic E-state index is 12.9. The predicted molar refractivity (Wildman–Crippen MR) is 125 cm³/mol. The number of nitrogens with one attached hydrogen (secondary N) is 1. The third kappa shape index (κ3) is 5.47. The Morgan fingerprint density at radius 1 is 1.15 bits per heavy atom. The van der Waals surface area contributed by atoms with E-state index in [0.29, 0.717) is 41.1 Å². The van der Waals surface area contributed by atoms with Crippen LogP contribution < -0.4 is 10.3 Å². The molecule has 0 aliphatic rings. The highest BCUT2D eigenvalue weighted by molar-refractivity contribution is 5.95. The van der Waals surface area contributed by atoms with Gasteiger partial charge in [-0.15, -0.1) is 0 Å². The molecule has 1 aromatic carbocycles. The van der Waals surface area contributed by atoms with Crippen molar-refractivity contribution < 1.29 is 19.1 Å². The molecule has 1 N–H and O–H groups in total. The largest absolute Gasteiger partial charge is 0.493 e. The maximum Gasteiger partial charge on any atom is 0.328 e. The van der Waals surface area contributed by atoms with E-state index in [1.807, 2.05) is 13.8 Å². The highest BCUT2D eigenvalue weighted by Gasteiger charge is 2.22. The molecule has 9 heteroatoms. The van der Waals surface area contributed by atoms with Gasteiger partial charge in [0.25, 0.3) is 5.56 Å². The lowest BCUT2D eigenvalue weighted by atomic mass is 10.1. The van der Waals surface area contributed by atoms with Crippen LogP contribution in [0.3, 0.4) is 0 Å².